The van der Waals surface area contributed by atoms with Gasteiger partial charge in [-0.2, -0.15) is 5.10 Å². The molecule has 1 amide bonds. The van der Waals surface area contributed by atoms with Gasteiger partial charge in [0.05, 0.1) is 5.69 Å². The van der Waals surface area contributed by atoms with Crippen molar-refractivity contribution in [1.82, 2.24) is 19.7 Å². The Kier molecular flexibility index (Phi) is 4.81. The molecule has 3 aromatic rings. The molecule has 2 heterocycles. The van der Waals surface area contributed by atoms with Crippen molar-refractivity contribution in [1.29, 1.82) is 0 Å². The Hall–Kier alpha value is -3.22. The summed E-state index contributed by atoms with van der Waals surface area (Å²) >= 11 is 0. The van der Waals surface area contributed by atoms with Crippen LogP contribution in [-0.2, 0) is 0 Å². The zero-order valence-corrected chi connectivity index (χ0v) is 15.6. The van der Waals surface area contributed by atoms with Gasteiger partial charge in [0.2, 0.25) is 0 Å². The molecule has 0 radical (unpaired) electrons. The van der Waals surface area contributed by atoms with Crippen LogP contribution in [0.4, 0.5) is 4.39 Å². The third kappa shape index (κ3) is 3.47. The van der Waals surface area contributed by atoms with Crippen LogP contribution in [0.2, 0.25) is 0 Å². The van der Waals surface area contributed by atoms with Gasteiger partial charge >= 0.3 is 5.69 Å². The number of carbonyl (C=O) groups excluding carboxylic acids is 1. The Morgan fingerprint density at radius 3 is 2.54 bits per heavy atom. The highest BCUT2D eigenvalue weighted by atomic mass is 19.1. The van der Waals surface area contributed by atoms with Crippen molar-refractivity contribution < 1.29 is 9.18 Å². The predicted octanol–water partition coefficient (Wildman–Crippen LogP) is 3.03. The molecule has 0 saturated carbocycles. The minimum absolute atomic E-state index is 0.0665. The van der Waals surface area contributed by atoms with E-state index in [2.05, 4.69) is 10.2 Å². The van der Waals surface area contributed by atoms with Crippen molar-refractivity contribution >= 4 is 5.91 Å². The number of nitrogens with zero attached hydrogens (tertiary/aromatic N) is 3. The molecule has 1 fully saturated rings. The second-order valence-corrected chi connectivity index (χ2v) is 7.13. The number of piperidine rings is 1. The van der Waals surface area contributed by atoms with E-state index in [4.69, 9.17) is 0 Å². The van der Waals surface area contributed by atoms with Crippen molar-refractivity contribution in [2.45, 2.75) is 25.7 Å². The molecule has 4 rings (SSSR count). The van der Waals surface area contributed by atoms with Gasteiger partial charge in [-0.15, -0.1) is 0 Å². The van der Waals surface area contributed by atoms with Gasteiger partial charge in [-0.25, -0.2) is 18.9 Å². The van der Waals surface area contributed by atoms with E-state index in [0.717, 1.165) is 11.3 Å². The highest BCUT2D eigenvalue weighted by Gasteiger charge is 2.28. The molecule has 144 valence electrons. The van der Waals surface area contributed by atoms with E-state index in [1.165, 1.54) is 12.1 Å². The van der Waals surface area contributed by atoms with Crippen LogP contribution in [0.3, 0.4) is 0 Å². The first-order valence-electron chi connectivity index (χ1n) is 9.32. The molecule has 1 saturated heterocycles. The standard InChI is InChI=1S/C21H21FN4O2/c1-14-5-7-18(8-6-14)26-19(23-24-21(26)28)15-9-11-25(12-10-15)20(27)16-3-2-4-17(22)13-16/h2-8,13,15H,9-12H2,1H3,(H,24,28). The molecule has 6 nitrogen and oxygen atoms in total. The lowest BCUT2D eigenvalue weighted by atomic mass is 9.95. The Bertz CT molecular complexity index is 1050. The number of aromatic nitrogens is 3. The minimum atomic E-state index is -0.417. The summed E-state index contributed by atoms with van der Waals surface area (Å²) in [7, 11) is 0. The van der Waals surface area contributed by atoms with Crippen LogP contribution in [0.25, 0.3) is 5.69 Å². The van der Waals surface area contributed by atoms with E-state index in [9.17, 15) is 14.0 Å². The number of likely N-dealkylation sites (tertiary alicyclic amines) is 1. The number of hydrogen-bond acceptors (Lipinski definition) is 3. The number of rotatable bonds is 3. The molecule has 0 bridgehead atoms. The number of benzene rings is 2. The van der Waals surface area contributed by atoms with E-state index >= 15 is 0 Å². The second-order valence-electron chi connectivity index (χ2n) is 7.13. The summed E-state index contributed by atoms with van der Waals surface area (Å²) in [5.74, 6) is 0.166. The fraction of sp³-hybridized carbons (Fsp3) is 0.286. The van der Waals surface area contributed by atoms with Gasteiger partial charge in [0, 0.05) is 24.6 Å². The van der Waals surface area contributed by atoms with Gasteiger partial charge < -0.3 is 4.90 Å². The highest BCUT2D eigenvalue weighted by Crippen LogP contribution is 2.28. The lowest BCUT2D eigenvalue weighted by molar-refractivity contribution is 0.0710. The molecule has 7 heteroatoms. The van der Waals surface area contributed by atoms with Crippen LogP contribution < -0.4 is 5.69 Å². The van der Waals surface area contributed by atoms with E-state index < -0.39 is 5.82 Å². The second kappa shape index (κ2) is 7.42. The van der Waals surface area contributed by atoms with Gasteiger partial charge in [-0.3, -0.25) is 4.79 Å². The third-order valence-corrected chi connectivity index (χ3v) is 5.21. The summed E-state index contributed by atoms with van der Waals surface area (Å²) in [5.41, 5.74) is 1.98. The summed E-state index contributed by atoms with van der Waals surface area (Å²) in [6, 6.07) is 13.5. The zero-order valence-electron chi connectivity index (χ0n) is 15.6. The molecule has 0 aliphatic carbocycles. The summed E-state index contributed by atoms with van der Waals surface area (Å²) in [6.45, 7) is 3.07. The SMILES string of the molecule is Cc1ccc(-n2c(C3CCN(C(=O)c4cccc(F)c4)CC3)n[nH]c2=O)cc1. The number of halogens is 1. The van der Waals surface area contributed by atoms with Crippen LogP contribution in [0.1, 0.15) is 40.5 Å². The molecule has 1 N–H and O–H groups in total. The zero-order chi connectivity index (χ0) is 19.7. The van der Waals surface area contributed by atoms with Crippen molar-refractivity contribution in [2.24, 2.45) is 0 Å². The highest BCUT2D eigenvalue weighted by molar-refractivity contribution is 5.94. The van der Waals surface area contributed by atoms with Crippen molar-refractivity contribution in [3.63, 3.8) is 0 Å². The Labute approximate surface area is 161 Å². The Morgan fingerprint density at radius 2 is 1.86 bits per heavy atom. The summed E-state index contributed by atoms with van der Waals surface area (Å²) < 4.78 is 15.0. The van der Waals surface area contributed by atoms with Crippen molar-refractivity contribution in [2.75, 3.05) is 13.1 Å². The van der Waals surface area contributed by atoms with E-state index in [1.54, 1.807) is 21.6 Å². The summed E-state index contributed by atoms with van der Waals surface area (Å²) in [5, 5.41) is 6.80. The minimum Gasteiger partial charge on any atom is -0.339 e. The predicted molar refractivity (Wildman–Crippen MR) is 103 cm³/mol. The molecule has 2 aromatic carbocycles. The fourth-order valence-corrected chi connectivity index (χ4v) is 3.67. The number of amides is 1. The first-order valence-corrected chi connectivity index (χ1v) is 9.32. The van der Waals surface area contributed by atoms with Gasteiger partial charge in [0.15, 0.2) is 0 Å². The van der Waals surface area contributed by atoms with Crippen molar-refractivity contribution in [3.8, 4) is 5.69 Å². The number of carbonyl (C=O) groups is 1. The summed E-state index contributed by atoms with van der Waals surface area (Å²) in [6.07, 6.45) is 1.38. The van der Waals surface area contributed by atoms with Crippen LogP contribution in [0.15, 0.2) is 53.3 Å². The smallest absolute Gasteiger partial charge is 0.339 e. The maximum Gasteiger partial charge on any atom is 0.347 e. The first-order chi connectivity index (χ1) is 13.5. The third-order valence-electron chi connectivity index (χ3n) is 5.21. The largest absolute Gasteiger partial charge is 0.347 e. The molecular weight excluding hydrogens is 359 g/mol. The number of hydrogen-bond donors (Lipinski definition) is 1. The van der Waals surface area contributed by atoms with Gasteiger partial charge in [-0.05, 0) is 50.1 Å². The molecule has 0 unspecified atom stereocenters. The van der Waals surface area contributed by atoms with Crippen LogP contribution >= 0.6 is 0 Å². The number of nitrogens with one attached hydrogen (secondary N) is 1. The van der Waals surface area contributed by atoms with E-state index in [-0.39, 0.29) is 17.5 Å². The molecule has 1 aliphatic heterocycles. The number of aryl methyl sites for hydroxylation is 1. The van der Waals surface area contributed by atoms with Crippen LogP contribution in [-0.4, -0.2) is 38.7 Å². The molecule has 1 aliphatic rings. The lowest BCUT2D eigenvalue weighted by Gasteiger charge is -2.31. The van der Waals surface area contributed by atoms with E-state index in [0.29, 0.717) is 37.3 Å². The van der Waals surface area contributed by atoms with E-state index in [1.807, 2.05) is 31.2 Å². The van der Waals surface area contributed by atoms with Gasteiger partial charge in [-0.1, -0.05) is 23.8 Å². The number of aromatic amines is 1. The molecule has 28 heavy (non-hydrogen) atoms. The molecule has 0 spiro atoms. The number of H-pyrrole nitrogens is 1. The average molecular weight is 380 g/mol. The molecule has 0 atom stereocenters. The van der Waals surface area contributed by atoms with Crippen LogP contribution in [0, 0.1) is 12.7 Å². The fourth-order valence-electron chi connectivity index (χ4n) is 3.67. The van der Waals surface area contributed by atoms with Gasteiger partial charge in [0.1, 0.15) is 11.6 Å². The molecular formula is C21H21FN4O2. The Morgan fingerprint density at radius 1 is 1.14 bits per heavy atom. The maximum atomic E-state index is 13.4. The normalized spacial score (nSPS) is 15.0. The molecule has 1 aromatic heterocycles. The monoisotopic (exact) mass is 380 g/mol. The summed E-state index contributed by atoms with van der Waals surface area (Å²) in [4.78, 5) is 26.6. The van der Waals surface area contributed by atoms with Crippen LogP contribution in [0.5, 0.6) is 0 Å². The first kappa shape index (κ1) is 18.2. The quantitative estimate of drug-likeness (QED) is 0.759. The average Bonchev–Trinajstić information content (AvgIpc) is 3.09. The topological polar surface area (TPSA) is 71.0 Å². The lowest BCUT2D eigenvalue weighted by Crippen LogP contribution is -2.38. The Balaban J connectivity index is 1.51. The maximum absolute atomic E-state index is 13.4. The van der Waals surface area contributed by atoms with Gasteiger partial charge in [0.25, 0.3) is 5.91 Å². The van der Waals surface area contributed by atoms with Crippen molar-refractivity contribution in [3.05, 3.63) is 81.8 Å².